The van der Waals surface area contributed by atoms with E-state index in [0.717, 1.165) is 0 Å². The summed E-state index contributed by atoms with van der Waals surface area (Å²) in [6.07, 6.45) is 2.37. The molecule has 1 aliphatic rings. The molecule has 1 fully saturated rings. The second kappa shape index (κ2) is 10.3. The van der Waals surface area contributed by atoms with Gasteiger partial charge in [0.25, 0.3) is 0 Å². The number of halogens is 4. The number of aryl methyl sites for hydroxylation is 1. The molecule has 186 valence electrons. The molecule has 0 saturated carbocycles. The van der Waals surface area contributed by atoms with Crippen LogP contribution in [0, 0.1) is 11.8 Å². The summed E-state index contributed by atoms with van der Waals surface area (Å²) in [6, 6.07) is 4.33. The number of carbonyl (C=O) groups is 1. The minimum atomic E-state index is -4.41. The molecule has 2 N–H and O–H groups in total. The summed E-state index contributed by atoms with van der Waals surface area (Å²) >= 11 is -1.90. The average molecular weight is 556 g/mol. The van der Waals surface area contributed by atoms with E-state index in [0.29, 0.717) is 24.3 Å². The quantitative estimate of drug-likeness (QED) is 0.280. The Kier molecular flexibility index (Phi) is 7.35. The number of fused-ring (bicyclic) bond motifs is 1. The van der Waals surface area contributed by atoms with Crippen molar-refractivity contribution in [2.24, 2.45) is 7.05 Å². The monoisotopic (exact) mass is 557 g/mol. The minimum absolute atomic E-state index is 0.0140. The number of rotatable bonds is 5. The molecule has 0 spiro atoms. The van der Waals surface area contributed by atoms with Crippen molar-refractivity contribution in [1.82, 2.24) is 29.6 Å². The Bertz CT molecular complexity index is 1280. The van der Waals surface area contributed by atoms with Gasteiger partial charge in [-0.1, -0.05) is 0 Å². The van der Waals surface area contributed by atoms with Gasteiger partial charge in [-0.05, 0) is 0 Å². The molecule has 1 amide bonds. The molecular formula is C22H23F4N7OSe. The number of nitrogens with zero attached hydrogens (tertiary/aromatic N) is 5. The Labute approximate surface area is 205 Å². The number of hydrogen-bond donors (Lipinski definition) is 2. The Morgan fingerprint density at radius 1 is 1.31 bits per heavy atom. The fourth-order valence-corrected chi connectivity index (χ4v) is 5.18. The van der Waals surface area contributed by atoms with Crippen LogP contribution >= 0.6 is 0 Å². The van der Waals surface area contributed by atoms with Crippen LogP contribution in [0.1, 0.15) is 22.5 Å². The van der Waals surface area contributed by atoms with E-state index in [9.17, 15) is 22.4 Å². The summed E-state index contributed by atoms with van der Waals surface area (Å²) < 4.78 is 57.5. The molecule has 1 saturated heterocycles. The van der Waals surface area contributed by atoms with Crippen LogP contribution in [0.5, 0.6) is 0 Å². The van der Waals surface area contributed by atoms with E-state index < -0.39 is 38.2 Å². The van der Waals surface area contributed by atoms with Crippen molar-refractivity contribution in [2.45, 2.75) is 23.7 Å². The van der Waals surface area contributed by atoms with Crippen LogP contribution in [0.15, 0.2) is 30.6 Å². The summed E-state index contributed by atoms with van der Waals surface area (Å²) in [6.45, 7) is 0.901. The predicted molar refractivity (Wildman–Crippen MR) is 123 cm³/mol. The molecule has 0 bridgehead atoms. The molecule has 13 heteroatoms. The summed E-state index contributed by atoms with van der Waals surface area (Å²) in [5.74, 6) is 5.36. The van der Waals surface area contributed by atoms with Crippen LogP contribution in [-0.2, 0) is 7.05 Å². The first kappa shape index (κ1) is 25.0. The molecule has 0 aliphatic carbocycles. The normalized spacial score (nSPS) is 18.8. The van der Waals surface area contributed by atoms with Crippen molar-refractivity contribution >= 4 is 36.7 Å². The molecule has 3 aromatic heterocycles. The van der Waals surface area contributed by atoms with Gasteiger partial charge in [0.15, 0.2) is 0 Å². The zero-order chi connectivity index (χ0) is 25.2. The van der Waals surface area contributed by atoms with Gasteiger partial charge in [-0.2, -0.15) is 0 Å². The number of aromatic nitrogens is 4. The maximum atomic E-state index is 14.5. The zero-order valence-electron chi connectivity index (χ0n) is 18.9. The van der Waals surface area contributed by atoms with Gasteiger partial charge < -0.3 is 0 Å². The van der Waals surface area contributed by atoms with Crippen LogP contribution in [-0.4, -0.2) is 89.1 Å². The number of pyridine rings is 1. The van der Waals surface area contributed by atoms with Gasteiger partial charge >= 0.3 is 205 Å². The number of piperidine rings is 1. The van der Waals surface area contributed by atoms with Crippen LogP contribution in [0.2, 0.25) is 0 Å². The summed E-state index contributed by atoms with van der Waals surface area (Å²) in [4.78, 5) is 14.0. The maximum absolute atomic E-state index is 14.5. The first-order chi connectivity index (χ1) is 16.6. The van der Waals surface area contributed by atoms with Crippen LogP contribution in [0.4, 0.5) is 23.4 Å². The van der Waals surface area contributed by atoms with Crippen molar-refractivity contribution in [1.29, 1.82) is 0 Å². The fourth-order valence-electron chi connectivity index (χ4n) is 3.76. The molecule has 0 radical (unpaired) electrons. The van der Waals surface area contributed by atoms with Gasteiger partial charge in [0.1, 0.15) is 0 Å². The third kappa shape index (κ3) is 6.14. The van der Waals surface area contributed by atoms with E-state index in [2.05, 4.69) is 32.7 Å². The van der Waals surface area contributed by atoms with E-state index in [1.807, 2.05) is 11.9 Å². The fraction of sp³-hybridized carbons (Fsp3) is 0.409. The molecule has 1 aliphatic heterocycles. The van der Waals surface area contributed by atoms with Gasteiger partial charge in [0.2, 0.25) is 0 Å². The number of amides is 1. The molecule has 4 heterocycles. The first-order valence-electron chi connectivity index (χ1n) is 10.7. The molecule has 3 aromatic rings. The number of hydrogen-bond acceptors (Lipinski definition) is 5. The molecular weight excluding hydrogens is 533 g/mol. The molecule has 8 nitrogen and oxygen atoms in total. The van der Waals surface area contributed by atoms with Gasteiger partial charge in [-0.25, -0.2) is 0 Å². The van der Waals surface area contributed by atoms with Gasteiger partial charge in [0, 0.05) is 0 Å². The van der Waals surface area contributed by atoms with Crippen LogP contribution in [0.3, 0.4) is 0 Å². The molecule has 35 heavy (non-hydrogen) atoms. The molecule has 4 rings (SSSR count). The number of anilines is 1. The van der Waals surface area contributed by atoms with E-state index in [-0.39, 0.29) is 28.8 Å². The third-order valence-electron chi connectivity index (χ3n) is 5.42. The second-order valence-corrected chi connectivity index (χ2v) is 10.4. The summed E-state index contributed by atoms with van der Waals surface area (Å²) in [7, 11) is 3.51. The molecule has 0 unspecified atom stereocenters. The number of carbonyl (C=O) groups excluding carboxylic acids is 1. The number of likely N-dealkylation sites (tertiary alicyclic amines) is 1. The zero-order valence-corrected chi connectivity index (χ0v) is 20.6. The van der Waals surface area contributed by atoms with E-state index in [4.69, 9.17) is 0 Å². The van der Waals surface area contributed by atoms with Gasteiger partial charge in [-0.3, -0.25) is 0 Å². The Morgan fingerprint density at radius 3 is 2.80 bits per heavy atom. The second-order valence-electron chi connectivity index (χ2n) is 8.14. The number of nitrogens with one attached hydrogen (secondary N) is 2. The summed E-state index contributed by atoms with van der Waals surface area (Å²) in [5, 5.41) is 9.51. The van der Waals surface area contributed by atoms with Crippen molar-refractivity contribution in [2.75, 3.05) is 32.0 Å². The van der Waals surface area contributed by atoms with Crippen LogP contribution in [0.25, 0.3) is 5.52 Å². The Hall–Kier alpha value is -3.07. The Morgan fingerprint density at radius 2 is 2.11 bits per heavy atom. The van der Waals surface area contributed by atoms with E-state index in [1.165, 1.54) is 27.7 Å². The molecule has 0 aromatic carbocycles. The Balaban J connectivity index is 1.59. The van der Waals surface area contributed by atoms with Gasteiger partial charge in [0.05, 0.1) is 0 Å². The topological polar surface area (TPSA) is 79.5 Å². The van der Waals surface area contributed by atoms with E-state index >= 15 is 0 Å². The van der Waals surface area contributed by atoms with E-state index in [1.54, 1.807) is 19.2 Å². The van der Waals surface area contributed by atoms with Crippen molar-refractivity contribution in [3.63, 3.8) is 0 Å². The van der Waals surface area contributed by atoms with Crippen molar-refractivity contribution in [3.05, 3.63) is 41.9 Å². The first-order valence-corrected chi connectivity index (χ1v) is 12.4. The van der Waals surface area contributed by atoms with Crippen LogP contribution < -0.4 is 15.1 Å². The molecule has 2 atom stereocenters. The third-order valence-corrected chi connectivity index (χ3v) is 7.18. The van der Waals surface area contributed by atoms with Crippen molar-refractivity contribution < 1.29 is 22.4 Å². The predicted octanol–water partition coefficient (Wildman–Crippen LogP) is 1.15. The number of alkyl halides is 4. The van der Waals surface area contributed by atoms with Crippen molar-refractivity contribution in [3.8, 4) is 11.8 Å². The SMILES string of the molecule is CN1CC[C@@H](Nc2cccc3c([Se]C(F)(F)F)c(C#CCNC(=O)c4cnn(C)c4)nn23)[C@@H](F)C1. The standard InChI is InChI=1S/C22H23F4N7OSe/c1-31-10-8-16(15(23)13-31)29-19-7-3-6-18-20(35-22(24,25)26)17(30-33(18)19)5-4-9-27-21(34)14-11-28-32(2)12-14/h3,6-7,11-12,15-16,29H,8-10,13H2,1-2H3,(H,27,34)/t15-,16+/m0/s1. The van der Waals surface area contributed by atoms with Gasteiger partial charge in [-0.15, -0.1) is 0 Å². The summed E-state index contributed by atoms with van der Waals surface area (Å²) in [5.41, 5.74) is 0.589. The average Bonchev–Trinajstić information content (AvgIpc) is 3.36.